The molecule has 0 saturated heterocycles. The van der Waals surface area contributed by atoms with E-state index in [1.165, 1.54) is 22.3 Å². The van der Waals surface area contributed by atoms with Gasteiger partial charge in [-0.05, 0) is 12.1 Å². The van der Waals surface area contributed by atoms with Crippen LogP contribution in [0.15, 0.2) is 24.4 Å². The molecule has 2 rings (SSSR count). The van der Waals surface area contributed by atoms with Crippen LogP contribution in [0.2, 0.25) is 0 Å². The highest BCUT2D eigenvalue weighted by Gasteiger charge is 2.20. The molecule has 0 saturated carbocycles. The zero-order valence-electron chi connectivity index (χ0n) is 8.21. The van der Waals surface area contributed by atoms with Crippen molar-refractivity contribution in [2.45, 2.75) is 0 Å². The first-order valence-corrected chi connectivity index (χ1v) is 7.62. The molecule has 0 bridgehead atoms. The van der Waals surface area contributed by atoms with E-state index in [0.717, 1.165) is 10.9 Å². The van der Waals surface area contributed by atoms with Crippen LogP contribution in [0.25, 0.3) is 10.9 Å². The van der Waals surface area contributed by atoms with Gasteiger partial charge in [0.1, 0.15) is 5.52 Å². The van der Waals surface area contributed by atoms with Crippen LogP contribution in [0.1, 0.15) is 0 Å². The molecule has 0 aliphatic carbocycles. The first-order chi connectivity index (χ1) is 7.69. The number of hydrogen-bond donors (Lipinski definition) is 0. The molecule has 0 amide bonds. The van der Waals surface area contributed by atoms with Crippen molar-refractivity contribution in [2.75, 3.05) is 7.11 Å². The number of nitro benzene ring substituents is 1. The van der Waals surface area contributed by atoms with Crippen molar-refractivity contribution in [1.82, 2.24) is 3.97 Å². The molecule has 1 aromatic carbocycles. The van der Waals surface area contributed by atoms with Gasteiger partial charge in [0.05, 0.1) is 12.0 Å². The molecule has 16 heavy (non-hydrogen) atoms. The number of nitro groups is 1. The molecule has 5 nitrogen and oxygen atoms in total. The van der Waals surface area contributed by atoms with E-state index in [4.69, 9.17) is 4.74 Å². The van der Waals surface area contributed by atoms with Crippen LogP contribution in [0.5, 0.6) is 5.75 Å². The number of rotatable bonds is 3. The second kappa shape index (κ2) is 4.50. The molecule has 0 unspecified atom stereocenters. The number of fused-ring (bicyclic) bond motifs is 1. The molecule has 0 aliphatic heterocycles. The minimum absolute atomic E-state index is 0.0135. The van der Waals surface area contributed by atoms with E-state index in [0.29, 0.717) is 5.75 Å². The van der Waals surface area contributed by atoms with Crippen LogP contribution < -0.4 is 4.74 Å². The molecule has 84 valence electrons. The number of halogens is 1. The van der Waals surface area contributed by atoms with Crippen LogP contribution in [0.3, 0.4) is 0 Å². The Balaban J connectivity index is 2.82. The summed E-state index contributed by atoms with van der Waals surface area (Å²) in [5.41, 5.74) is 0.719. The quantitative estimate of drug-likeness (QED) is 0.484. The fourth-order valence-corrected chi connectivity index (χ4v) is 2.91. The maximum absolute atomic E-state index is 10.9. The summed E-state index contributed by atoms with van der Waals surface area (Å²) < 4.78 is 6.98. The van der Waals surface area contributed by atoms with Gasteiger partial charge in [-0.1, -0.05) is 0 Å². The van der Waals surface area contributed by atoms with Crippen LogP contribution in [-0.4, -0.2) is 16.0 Å². The van der Waals surface area contributed by atoms with Gasteiger partial charge in [-0.25, -0.2) is 0 Å². The van der Waals surface area contributed by atoms with E-state index in [1.54, 1.807) is 6.07 Å². The van der Waals surface area contributed by atoms with E-state index >= 15 is 0 Å². The van der Waals surface area contributed by atoms with Gasteiger partial charge >= 0.3 is 5.69 Å². The van der Waals surface area contributed by atoms with Crippen molar-refractivity contribution >= 4 is 46.9 Å². The summed E-state index contributed by atoms with van der Waals surface area (Å²) >= 11 is 2.11. The maximum Gasteiger partial charge on any atom is 0.313 e. The molecule has 1 aromatic heterocycles. The molecule has 7 heteroatoms. The lowest BCUT2D eigenvalue weighted by Gasteiger charge is -2.05. The molecule has 0 fully saturated rings. The standard InChI is InChI=1S/C9H7IN2O3S/c1-15-9-7(12(13)14)3-2-6-4-5-11(16-10)8(6)9/h2-5H,1H3. The second-order valence-electron chi connectivity index (χ2n) is 3.02. The minimum Gasteiger partial charge on any atom is -0.489 e. The number of benzene rings is 1. The van der Waals surface area contributed by atoms with Crippen molar-refractivity contribution in [3.05, 3.63) is 34.5 Å². The van der Waals surface area contributed by atoms with Gasteiger partial charge in [0.15, 0.2) is 0 Å². The van der Waals surface area contributed by atoms with Crippen LogP contribution in [-0.2, 0) is 0 Å². The maximum atomic E-state index is 10.9. The van der Waals surface area contributed by atoms with Gasteiger partial charge in [0.2, 0.25) is 5.75 Å². The van der Waals surface area contributed by atoms with Gasteiger partial charge in [-0.2, -0.15) is 0 Å². The molecular formula is C9H7IN2O3S. The SMILES string of the molecule is COc1c([N+](=O)[O-])ccc2ccn(SI)c12. The predicted molar refractivity (Wildman–Crippen MR) is 72.2 cm³/mol. The lowest BCUT2D eigenvalue weighted by Crippen LogP contribution is -1.95. The fourth-order valence-electron chi connectivity index (χ4n) is 1.56. The first-order valence-electron chi connectivity index (χ1n) is 4.30. The Morgan fingerprint density at radius 3 is 2.81 bits per heavy atom. The normalized spacial score (nSPS) is 10.6. The largest absolute Gasteiger partial charge is 0.489 e. The number of methoxy groups -OCH3 is 1. The minimum atomic E-state index is -0.437. The Kier molecular flexibility index (Phi) is 3.24. The zero-order chi connectivity index (χ0) is 11.7. The lowest BCUT2D eigenvalue weighted by atomic mass is 10.2. The Morgan fingerprint density at radius 1 is 1.50 bits per heavy atom. The molecule has 0 aliphatic rings. The summed E-state index contributed by atoms with van der Waals surface area (Å²) in [5, 5.41) is 11.8. The highest BCUT2D eigenvalue weighted by molar-refractivity contribution is 14.2. The van der Waals surface area contributed by atoms with Crippen LogP contribution in [0, 0.1) is 10.1 Å². The highest BCUT2D eigenvalue weighted by Crippen LogP contribution is 2.38. The molecule has 2 aromatic rings. The zero-order valence-corrected chi connectivity index (χ0v) is 11.2. The van der Waals surface area contributed by atoms with E-state index in [2.05, 4.69) is 21.2 Å². The number of hydrogen-bond acceptors (Lipinski definition) is 4. The highest BCUT2D eigenvalue weighted by atomic mass is 127. The number of aromatic nitrogens is 1. The van der Waals surface area contributed by atoms with E-state index in [-0.39, 0.29) is 5.69 Å². The van der Waals surface area contributed by atoms with Crippen molar-refractivity contribution in [3.63, 3.8) is 0 Å². The summed E-state index contributed by atoms with van der Waals surface area (Å²) in [4.78, 5) is 10.4. The Labute approximate surface area is 108 Å². The van der Waals surface area contributed by atoms with Crippen LogP contribution in [0.4, 0.5) is 5.69 Å². The second-order valence-corrected chi connectivity index (χ2v) is 4.74. The van der Waals surface area contributed by atoms with Crippen molar-refractivity contribution in [1.29, 1.82) is 0 Å². The Hall–Kier alpha value is -0.960. The molecule has 1 heterocycles. The topological polar surface area (TPSA) is 57.3 Å². The van der Waals surface area contributed by atoms with Crippen molar-refractivity contribution in [2.24, 2.45) is 0 Å². The third-order valence-corrected chi connectivity index (χ3v) is 3.95. The van der Waals surface area contributed by atoms with Crippen molar-refractivity contribution in [3.8, 4) is 5.75 Å². The summed E-state index contributed by atoms with van der Waals surface area (Å²) in [6.07, 6.45) is 1.86. The van der Waals surface area contributed by atoms with Crippen LogP contribution >= 0.6 is 30.3 Å². The number of nitrogens with zero attached hydrogens (tertiary/aromatic N) is 2. The fraction of sp³-hybridized carbons (Fsp3) is 0.111. The average molecular weight is 350 g/mol. The summed E-state index contributed by atoms with van der Waals surface area (Å²) in [5.74, 6) is 0.302. The Morgan fingerprint density at radius 2 is 2.25 bits per heavy atom. The van der Waals surface area contributed by atoms with E-state index in [9.17, 15) is 10.1 Å². The van der Waals surface area contributed by atoms with E-state index in [1.807, 2.05) is 16.2 Å². The molecular weight excluding hydrogens is 343 g/mol. The van der Waals surface area contributed by atoms with E-state index < -0.39 is 4.92 Å². The van der Waals surface area contributed by atoms with Crippen molar-refractivity contribution < 1.29 is 9.66 Å². The van der Waals surface area contributed by atoms with Gasteiger partial charge in [-0.3, -0.25) is 14.1 Å². The summed E-state index contributed by atoms with van der Waals surface area (Å²) in [7, 11) is 2.88. The van der Waals surface area contributed by atoms with Gasteiger partial charge in [-0.15, -0.1) is 0 Å². The average Bonchev–Trinajstić information content (AvgIpc) is 2.70. The van der Waals surface area contributed by atoms with Gasteiger partial charge < -0.3 is 4.74 Å². The molecule has 0 atom stereocenters. The smallest absolute Gasteiger partial charge is 0.313 e. The molecule has 0 spiro atoms. The first kappa shape index (κ1) is 11.5. The Bertz CT molecular complexity index is 555. The monoisotopic (exact) mass is 350 g/mol. The molecule has 0 N–H and O–H groups in total. The molecule has 0 radical (unpaired) electrons. The summed E-state index contributed by atoms with van der Waals surface area (Å²) in [6.45, 7) is 0. The van der Waals surface area contributed by atoms with Gasteiger partial charge in [0.25, 0.3) is 0 Å². The third kappa shape index (κ3) is 1.73. The van der Waals surface area contributed by atoms with Gasteiger partial charge in [0, 0.05) is 48.0 Å². The summed E-state index contributed by atoms with van der Waals surface area (Å²) in [6, 6.07) is 5.08. The number of ether oxygens (including phenoxy) is 1. The predicted octanol–water partition coefficient (Wildman–Crippen LogP) is 3.40. The lowest BCUT2D eigenvalue weighted by molar-refractivity contribution is -0.385. The third-order valence-electron chi connectivity index (χ3n) is 2.23.